The molecular formula is C27H29FN2O3S. The summed E-state index contributed by atoms with van der Waals surface area (Å²) in [5.74, 6) is -0.204. The lowest BCUT2D eigenvalue weighted by atomic mass is 9.94. The quantitative estimate of drug-likeness (QED) is 0.453. The number of ether oxygens (including phenoxy) is 1. The molecule has 1 aliphatic carbocycles. The van der Waals surface area contributed by atoms with Crippen molar-refractivity contribution < 1.29 is 18.7 Å². The highest BCUT2D eigenvalue weighted by Crippen LogP contribution is 2.31. The molecule has 1 atom stereocenters. The lowest BCUT2D eigenvalue weighted by Crippen LogP contribution is -2.47. The summed E-state index contributed by atoms with van der Waals surface area (Å²) in [7, 11) is 1.58. The van der Waals surface area contributed by atoms with Crippen LogP contribution in [-0.2, 0) is 16.0 Å². The van der Waals surface area contributed by atoms with Crippen LogP contribution in [0.3, 0.4) is 0 Å². The van der Waals surface area contributed by atoms with Crippen molar-refractivity contribution in [1.29, 1.82) is 0 Å². The Kier molecular flexibility index (Phi) is 7.95. The number of benzene rings is 2. The Morgan fingerprint density at radius 1 is 1.06 bits per heavy atom. The van der Waals surface area contributed by atoms with Gasteiger partial charge in [0, 0.05) is 16.6 Å². The second-order valence-corrected chi connectivity index (χ2v) is 9.55. The predicted octanol–water partition coefficient (Wildman–Crippen LogP) is 5.66. The summed E-state index contributed by atoms with van der Waals surface area (Å²) >= 11 is 1.49. The van der Waals surface area contributed by atoms with Crippen molar-refractivity contribution in [1.82, 2.24) is 5.32 Å². The van der Waals surface area contributed by atoms with Crippen LogP contribution in [-0.4, -0.2) is 25.0 Å². The van der Waals surface area contributed by atoms with Gasteiger partial charge in [0.2, 0.25) is 11.8 Å². The molecule has 1 aliphatic rings. The highest BCUT2D eigenvalue weighted by Gasteiger charge is 2.34. The van der Waals surface area contributed by atoms with Crippen LogP contribution in [0.2, 0.25) is 0 Å². The van der Waals surface area contributed by atoms with Crippen molar-refractivity contribution in [3.8, 4) is 5.75 Å². The summed E-state index contributed by atoms with van der Waals surface area (Å²) in [5, 5.41) is 5.10. The van der Waals surface area contributed by atoms with Crippen molar-refractivity contribution in [3.63, 3.8) is 0 Å². The van der Waals surface area contributed by atoms with E-state index < -0.39 is 11.9 Å². The number of rotatable bonds is 8. The fraction of sp³-hybridized carbons (Fsp3) is 0.333. The molecule has 0 aliphatic heterocycles. The van der Waals surface area contributed by atoms with Crippen LogP contribution in [0.1, 0.15) is 48.6 Å². The number of methoxy groups -OCH3 is 1. The molecule has 2 amide bonds. The number of anilines is 1. The van der Waals surface area contributed by atoms with Crippen molar-refractivity contribution in [2.24, 2.45) is 0 Å². The van der Waals surface area contributed by atoms with E-state index in [0.29, 0.717) is 17.0 Å². The van der Waals surface area contributed by atoms with E-state index in [-0.39, 0.29) is 24.3 Å². The summed E-state index contributed by atoms with van der Waals surface area (Å²) in [4.78, 5) is 29.8. The molecule has 3 aromatic rings. The van der Waals surface area contributed by atoms with Gasteiger partial charge in [0.1, 0.15) is 17.6 Å². The second kappa shape index (κ2) is 11.3. The SMILES string of the molecule is COc1ccc([C@@H](C(=O)NC2CCCCC2)N(C(=O)Cc2cccs2)c2ccc(F)cc2)cc1. The number of hydrogen-bond acceptors (Lipinski definition) is 4. The van der Waals surface area contributed by atoms with Gasteiger partial charge in [0.15, 0.2) is 0 Å². The fourth-order valence-electron chi connectivity index (χ4n) is 4.42. The van der Waals surface area contributed by atoms with E-state index in [9.17, 15) is 14.0 Å². The highest BCUT2D eigenvalue weighted by atomic mass is 32.1. The Labute approximate surface area is 203 Å². The Morgan fingerprint density at radius 2 is 1.76 bits per heavy atom. The molecule has 34 heavy (non-hydrogen) atoms. The van der Waals surface area contributed by atoms with E-state index in [1.165, 1.54) is 34.8 Å². The minimum atomic E-state index is -0.897. The summed E-state index contributed by atoms with van der Waals surface area (Å²) in [6.45, 7) is 0. The number of halogens is 1. The molecule has 1 saturated carbocycles. The highest BCUT2D eigenvalue weighted by molar-refractivity contribution is 7.10. The topological polar surface area (TPSA) is 58.6 Å². The van der Waals surface area contributed by atoms with E-state index in [2.05, 4.69) is 5.32 Å². The standard InChI is InChI=1S/C27H29FN2O3S/c1-33-23-15-9-19(10-16-23)26(27(32)29-21-6-3-2-4-7-21)30(22-13-11-20(28)12-14-22)25(31)18-24-8-5-17-34-24/h5,8-17,21,26H,2-4,6-7,18H2,1H3,(H,29,32)/t26-/m0/s1. The minimum absolute atomic E-state index is 0.0875. The van der Waals surface area contributed by atoms with Crippen LogP contribution in [0, 0.1) is 5.82 Å². The Balaban J connectivity index is 1.73. The number of amides is 2. The van der Waals surface area contributed by atoms with Gasteiger partial charge < -0.3 is 10.1 Å². The van der Waals surface area contributed by atoms with Gasteiger partial charge in [-0.15, -0.1) is 11.3 Å². The minimum Gasteiger partial charge on any atom is -0.497 e. The maximum absolute atomic E-state index is 13.7. The number of carbonyl (C=O) groups is 2. The lowest BCUT2D eigenvalue weighted by molar-refractivity contribution is -0.127. The van der Waals surface area contributed by atoms with E-state index in [4.69, 9.17) is 4.74 Å². The molecule has 5 nitrogen and oxygen atoms in total. The zero-order valence-corrected chi connectivity index (χ0v) is 20.0. The Morgan fingerprint density at radius 3 is 2.38 bits per heavy atom. The van der Waals surface area contributed by atoms with Gasteiger partial charge in [-0.05, 0) is 66.2 Å². The summed E-state index contributed by atoms with van der Waals surface area (Å²) in [5.41, 5.74) is 1.14. The molecule has 1 aromatic heterocycles. The zero-order chi connectivity index (χ0) is 23.9. The van der Waals surface area contributed by atoms with Gasteiger partial charge in [-0.25, -0.2) is 4.39 Å². The van der Waals surface area contributed by atoms with Crippen molar-refractivity contribution in [2.45, 2.75) is 50.6 Å². The summed E-state index contributed by atoms with van der Waals surface area (Å²) in [6.07, 6.45) is 5.35. The maximum atomic E-state index is 13.7. The lowest BCUT2D eigenvalue weighted by Gasteiger charge is -2.33. The van der Waals surface area contributed by atoms with Gasteiger partial charge in [-0.2, -0.15) is 0 Å². The summed E-state index contributed by atoms with van der Waals surface area (Å²) < 4.78 is 19.0. The van der Waals surface area contributed by atoms with Crippen LogP contribution < -0.4 is 15.0 Å². The number of thiophene rings is 1. The van der Waals surface area contributed by atoms with Crippen LogP contribution in [0.15, 0.2) is 66.0 Å². The first-order valence-corrected chi connectivity index (χ1v) is 12.5. The van der Waals surface area contributed by atoms with E-state index in [0.717, 1.165) is 30.6 Å². The zero-order valence-electron chi connectivity index (χ0n) is 19.2. The molecule has 0 radical (unpaired) electrons. The van der Waals surface area contributed by atoms with Gasteiger partial charge in [-0.3, -0.25) is 14.5 Å². The monoisotopic (exact) mass is 480 g/mol. The first-order valence-electron chi connectivity index (χ1n) is 11.6. The van der Waals surface area contributed by atoms with Gasteiger partial charge in [0.05, 0.1) is 13.5 Å². The number of nitrogens with one attached hydrogen (secondary N) is 1. The fourth-order valence-corrected chi connectivity index (χ4v) is 5.11. The molecule has 0 saturated heterocycles. The molecule has 0 unspecified atom stereocenters. The molecule has 0 spiro atoms. The molecule has 2 aromatic carbocycles. The Bertz CT molecular complexity index is 1080. The third-order valence-electron chi connectivity index (χ3n) is 6.17. The number of carbonyl (C=O) groups excluding carboxylic acids is 2. The van der Waals surface area contributed by atoms with Gasteiger partial charge in [0.25, 0.3) is 0 Å². The molecule has 1 heterocycles. The van der Waals surface area contributed by atoms with Crippen molar-refractivity contribution >= 4 is 28.8 Å². The molecule has 0 bridgehead atoms. The number of nitrogens with zero attached hydrogens (tertiary/aromatic N) is 1. The summed E-state index contributed by atoms with van der Waals surface area (Å²) in [6, 6.07) is 15.9. The molecule has 4 rings (SSSR count). The average molecular weight is 481 g/mol. The van der Waals surface area contributed by atoms with E-state index in [1.54, 1.807) is 43.5 Å². The first-order chi connectivity index (χ1) is 16.5. The second-order valence-electron chi connectivity index (χ2n) is 8.52. The number of hydrogen-bond donors (Lipinski definition) is 1. The molecule has 178 valence electrons. The van der Waals surface area contributed by atoms with Gasteiger partial charge in [-0.1, -0.05) is 37.5 Å². The molecule has 1 fully saturated rings. The predicted molar refractivity (Wildman–Crippen MR) is 133 cm³/mol. The van der Waals surface area contributed by atoms with Crippen LogP contribution in [0.5, 0.6) is 5.75 Å². The first kappa shape index (κ1) is 24.0. The maximum Gasteiger partial charge on any atom is 0.248 e. The van der Waals surface area contributed by atoms with Crippen LogP contribution in [0.25, 0.3) is 0 Å². The van der Waals surface area contributed by atoms with E-state index in [1.807, 2.05) is 17.5 Å². The van der Waals surface area contributed by atoms with Crippen molar-refractivity contribution in [2.75, 3.05) is 12.0 Å². The van der Waals surface area contributed by atoms with Crippen LogP contribution >= 0.6 is 11.3 Å². The smallest absolute Gasteiger partial charge is 0.248 e. The van der Waals surface area contributed by atoms with Gasteiger partial charge >= 0.3 is 0 Å². The molecule has 7 heteroatoms. The normalized spacial score (nSPS) is 14.9. The third-order valence-corrected chi connectivity index (χ3v) is 7.05. The van der Waals surface area contributed by atoms with E-state index >= 15 is 0 Å². The Hall–Kier alpha value is -3.19. The van der Waals surface area contributed by atoms with Crippen LogP contribution in [0.4, 0.5) is 10.1 Å². The third kappa shape index (κ3) is 5.83. The molecular weight excluding hydrogens is 451 g/mol. The van der Waals surface area contributed by atoms with Crippen molar-refractivity contribution in [3.05, 3.63) is 82.3 Å². The average Bonchev–Trinajstić information content (AvgIpc) is 3.37. The molecule has 1 N–H and O–H groups in total. The largest absolute Gasteiger partial charge is 0.497 e.